The Morgan fingerprint density at radius 2 is 1.74 bits per heavy atom. The molecule has 2 N–H and O–H groups in total. The predicted molar refractivity (Wildman–Crippen MR) is 115 cm³/mol. The van der Waals surface area contributed by atoms with Crippen LogP contribution in [0, 0.1) is 0 Å². The summed E-state index contributed by atoms with van der Waals surface area (Å²) >= 11 is 0. The fourth-order valence-corrected chi connectivity index (χ4v) is 2.76. The Kier molecular flexibility index (Phi) is 5.90. The van der Waals surface area contributed by atoms with Gasteiger partial charge in [-0.15, -0.1) is 0 Å². The Balaban J connectivity index is 1.85. The number of para-hydroxylation sites is 1. The van der Waals surface area contributed by atoms with E-state index in [-0.39, 0.29) is 5.91 Å². The molecule has 8 nitrogen and oxygen atoms in total. The van der Waals surface area contributed by atoms with Gasteiger partial charge < -0.3 is 15.4 Å². The quantitative estimate of drug-likeness (QED) is 0.584. The number of hydrogen-bond donors (Lipinski definition) is 2. The Morgan fingerprint density at radius 1 is 0.871 bits per heavy atom. The molecular formula is C23H17N5O3. The summed E-state index contributed by atoms with van der Waals surface area (Å²) in [7, 11) is 0. The minimum atomic E-state index is -0.401. The van der Waals surface area contributed by atoms with Gasteiger partial charge in [-0.1, -0.05) is 24.3 Å². The highest BCUT2D eigenvalue weighted by molar-refractivity contribution is 5.92. The van der Waals surface area contributed by atoms with E-state index >= 15 is 0 Å². The number of fused-ring (bicyclic) bond motifs is 2. The highest BCUT2D eigenvalue weighted by Crippen LogP contribution is 2.25. The molecule has 31 heavy (non-hydrogen) atoms. The van der Waals surface area contributed by atoms with E-state index in [0.29, 0.717) is 33.0 Å². The Hall–Kier alpha value is -4.59. The fourth-order valence-electron chi connectivity index (χ4n) is 2.76. The summed E-state index contributed by atoms with van der Waals surface area (Å²) < 4.78 is 5.62. The second kappa shape index (κ2) is 9.27. The van der Waals surface area contributed by atoms with Crippen LogP contribution < -0.4 is 25.9 Å². The summed E-state index contributed by atoms with van der Waals surface area (Å²) in [6.07, 6.45) is 11.3. The molecule has 8 heteroatoms. The second-order valence-electron chi connectivity index (χ2n) is 6.35. The lowest BCUT2D eigenvalue weighted by molar-refractivity contribution is -0.115. The van der Waals surface area contributed by atoms with Crippen molar-refractivity contribution in [1.29, 1.82) is 0 Å². The van der Waals surface area contributed by atoms with Gasteiger partial charge >= 0.3 is 0 Å². The molecule has 152 valence electrons. The van der Waals surface area contributed by atoms with E-state index in [2.05, 4.69) is 25.6 Å². The van der Waals surface area contributed by atoms with Gasteiger partial charge in [-0.25, -0.2) is 15.0 Å². The number of nitrogens with zero attached hydrogens (tertiary/aromatic N) is 3. The molecule has 0 radical (unpaired) electrons. The molecule has 0 saturated heterocycles. The molecule has 0 spiro atoms. The normalized spacial score (nSPS) is 19.5. The smallest absolute Gasteiger partial charge is 0.249 e. The first-order chi connectivity index (χ1) is 15.2. The number of nitrogens with one attached hydrogen (secondary N) is 2. The maximum Gasteiger partial charge on any atom is 0.249 e. The molecule has 1 aromatic heterocycles. The molecule has 0 aliphatic carbocycles. The predicted octanol–water partition coefficient (Wildman–Crippen LogP) is 1.53. The van der Waals surface area contributed by atoms with Gasteiger partial charge in [-0.05, 0) is 30.3 Å². The Labute approximate surface area is 177 Å². The van der Waals surface area contributed by atoms with E-state index in [1.807, 2.05) is 30.3 Å². The lowest BCUT2D eigenvalue weighted by Gasteiger charge is -2.04. The van der Waals surface area contributed by atoms with Crippen LogP contribution in [-0.2, 0) is 9.59 Å². The topological polar surface area (TPSA) is 106 Å². The van der Waals surface area contributed by atoms with Gasteiger partial charge in [0, 0.05) is 35.2 Å². The number of carbonyl (C=O) groups excluding carboxylic acids is 2. The molecule has 2 aromatic carbocycles. The van der Waals surface area contributed by atoms with Crippen molar-refractivity contribution in [2.45, 2.75) is 0 Å². The molecule has 2 bridgehead atoms. The summed E-state index contributed by atoms with van der Waals surface area (Å²) in [6, 6.07) is 12.7. The van der Waals surface area contributed by atoms with Gasteiger partial charge in [0.05, 0.1) is 17.1 Å². The van der Waals surface area contributed by atoms with Crippen LogP contribution in [0.3, 0.4) is 0 Å². The molecule has 2 heterocycles. The molecule has 1 aliphatic rings. The van der Waals surface area contributed by atoms with Crippen LogP contribution in [0.25, 0.3) is 17.1 Å². The first kappa shape index (κ1) is 19.7. The van der Waals surface area contributed by atoms with Crippen molar-refractivity contribution in [3.8, 4) is 5.75 Å². The number of hydrogen-bond acceptors (Lipinski definition) is 6. The van der Waals surface area contributed by atoms with Crippen molar-refractivity contribution in [2.75, 3.05) is 0 Å². The van der Waals surface area contributed by atoms with Crippen molar-refractivity contribution < 1.29 is 14.3 Å². The molecule has 0 saturated carbocycles. The van der Waals surface area contributed by atoms with E-state index < -0.39 is 5.91 Å². The molecule has 3 aromatic rings. The summed E-state index contributed by atoms with van der Waals surface area (Å²) in [6.45, 7) is 0. The minimum absolute atomic E-state index is 0.382. The van der Waals surface area contributed by atoms with Crippen LogP contribution in [0.4, 0.5) is 5.82 Å². The number of rotatable bonds is 0. The van der Waals surface area contributed by atoms with E-state index in [9.17, 15) is 9.59 Å². The third-order valence-electron chi connectivity index (χ3n) is 4.22. The molecule has 0 atom stereocenters. The number of carbonyl (C=O) groups is 2. The highest BCUT2D eigenvalue weighted by Gasteiger charge is 2.05. The van der Waals surface area contributed by atoms with Crippen LogP contribution in [0.15, 0.2) is 90.6 Å². The summed E-state index contributed by atoms with van der Waals surface area (Å²) in [5.41, 5.74) is 0.715. The van der Waals surface area contributed by atoms with Gasteiger partial charge in [0.25, 0.3) is 0 Å². The standard InChI is InChI=1S/C23H17N5O3/c29-21-7-3-4-12-31-17-8-9-20-18(13-17)23(27-15-26-20)28-19-6-2-1-5-16(19)14-25-22(30)10-11-24-21/h1-15H,(H,24,29)(H,25,30)/b7-3-,11-10-,12-4-,16-14-,28-19-. The third-order valence-corrected chi connectivity index (χ3v) is 4.22. The van der Waals surface area contributed by atoms with Gasteiger partial charge in [0.2, 0.25) is 11.8 Å². The summed E-state index contributed by atoms with van der Waals surface area (Å²) in [5.74, 6) is 0.259. The molecule has 0 unspecified atom stereocenters. The minimum Gasteiger partial charge on any atom is -0.465 e. The van der Waals surface area contributed by atoms with Gasteiger partial charge in [-0.3, -0.25) is 9.59 Å². The number of benzene rings is 2. The Bertz CT molecular complexity index is 1360. The van der Waals surface area contributed by atoms with Gasteiger partial charge in [0.1, 0.15) is 12.1 Å². The maximum atomic E-state index is 12.0. The van der Waals surface area contributed by atoms with E-state index in [0.717, 1.165) is 0 Å². The average Bonchev–Trinajstić information content (AvgIpc) is 2.78. The van der Waals surface area contributed by atoms with Crippen molar-refractivity contribution in [1.82, 2.24) is 20.6 Å². The lowest BCUT2D eigenvalue weighted by Crippen LogP contribution is -2.28. The molecular weight excluding hydrogens is 394 g/mol. The van der Waals surface area contributed by atoms with E-state index in [4.69, 9.17) is 4.74 Å². The number of allylic oxidation sites excluding steroid dienone is 2. The van der Waals surface area contributed by atoms with Crippen molar-refractivity contribution >= 4 is 34.7 Å². The van der Waals surface area contributed by atoms with E-state index in [1.165, 1.54) is 37.0 Å². The van der Waals surface area contributed by atoms with Crippen LogP contribution in [0.5, 0.6) is 5.75 Å². The highest BCUT2D eigenvalue weighted by atomic mass is 16.5. The monoisotopic (exact) mass is 411 g/mol. The zero-order chi connectivity index (χ0) is 21.5. The van der Waals surface area contributed by atoms with Crippen LogP contribution in [-0.4, -0.2) is 21.8 Å². The maximum absolute atomic E-state index is 12.0. The van der Waals surface area contributed by atoms with Gasteiger partial charge in [0.15, 0.2) is 5.82 Å². The molecule has 1 aliphatic heterocycles. The first-order valence-electron chi connectivity index (χ1n) is 9.35. The SMILES string of the molecule is O=C1/C=C\C=C/Oc2ccc3ncnc(c3c2)/N=c2/cccc/c2=C/NC(=O)/C=C\N1. The molecule has 0 fully saturated rings. The van der Waals surface area contributed by atoms with Crippen LogP contribution >= 0.6 is 0 Å². The van der Waals surface area contributed by atoms with Crippen LogP contribution in [0.2, 0.25) is 0 Å². The molecule has 2 amide bonds. The Morgan fingerprint density at radius 3 is 2.68 bits per heavy atom. The number of amides is 2. The van der Waals surface area contributed by atoms with Crippen molar-refractivity contribution in [3.05, 3.63) is 96.1 Å². The van der Waals surface area contributed by atoms with Gasteiger partial charge in [-0.2, -0.15) is 0 Å². The van der Waals surface area contributed by atoms with Crippen LogP contribution in [0.1, 0.15) is 0 Å². The average molecular weight is 411 g/mol. The lowest BCUT2D eigenvalue weighted by atomic mass is 10.2. The van der Waals surface area contributed by atoms with E-state index in [1.54, 1.807) is 24.4 Å². The largest absolute Gasteiger partial charge is 0.465 e. The van der Waals surface area contributed by atoms with Crippen molar-refractivity contribution in [3.63, 3.8) is 0 Å². The summed E-state index contributed by atoms with van der Waals surface area (Å²) in [4.78, 5) is 37.0. The molecule has 4 rings (SSSR count). The number of aromatic nitrogens is 2. The number of ether oxygens (including phenoxy) is 1. The first-order valence-corrected chi connectivity index (χ1v) is 9.35. The fraction of sp³-hybridized carbons (Fsp3) is 0. The second-order valence-corrected chi connectivity index (χ2v) is 6.35. The zero-order valence-electron chi connectivity index (χ0n) is 16.2. The zero-order valence-corrected chi connectivity index (χ0v) is 16.2. The third kappa shape index (κ3) is 5.07. The summed E-state index contributed by atoms with van der Waals surface area (Å²) in [5, 5.41) is 7.15. The van der Waals surface area contributed by atoms with Crippen molar-refractivity contribution in [2.24, 2.45) is 4.99 Å².